The molecule has 0 spiro atoms. The van der Waals surface area contributed by atoms with Crippen molar-refractivity contribution in [2.45, 2.75) is 31.8 Å². The van der Waals surface area contributed by atoms with E-state index in [1.807, 2.05) is 48.9 Å². The number of aromatic nitrogens is 2. The van der Waals surface area contributed by atoms with Crippen LogP contribution in [0.1, 0.15) is 32.9 Å². The lowest BCUT2D eigenvalue weighted by molar-refractivity contribution is 0.0951. The molecule has 0 aliphatic carbocycles. The van der Waals surface area contributed by atoms with Crippen molar-refractivity contribution in [3.63, 3.8) is 0 Å². The molecule has 35 heavy (non-hydrogen) atoms. The Morgan fingerprint density at radius 2 is 1.60 bits per heavy atom. The number of rotatable bonds is 8. The summed E-state index contributed by atoms with van der Waals surface area (Å²) in [5, 5.41) is 7.52. The number of amides is 1. The zero-order valence-corrected chi connectivity index (χ0v) is 20.1. The van der Waals surface area contributed by atoms with Gasteiger partial charge in [-0.05, 0) is 67.9 Å². The largest absolute Gasteiger partial charge is 0.348 e. The van der Waals surface area contributed by atoms with E-state index in [-0.39, 0.29) is 10.8 Å². The molecule has 0 atom stereocenters. The van der Waals surface area contributed by atoms with Crippen LogP contribution >= 0.6 is 0 Å². The van der Waals surface area contributed by atoms with Gasteiger partial charge in [0.25, 0.3) is 15.9 Å². The number of sulfonamides is 1. The summed E-state index contributed by atoms with van der Waals surface area (Å²) < 4.78 is 42.3. The van der Waals surface area contributed by atoms with Crippen molar-refractivity contribution in [3.8, 4) is 0 Å². The van der Waals surface area contributed by atoms with Gasteiger partial charge < -0.3 is 5.32 Å². The Morgan fingerprint density at radius 3 is 2.26 bits per heavy atom. The summed E-state index contributed by atoms with van der Waals surface area (Å²) in [4.78, 5) is 12.6. The van der Waals surface area contributed by atoms with E-state index >= 15 is 0 Å². The summed E-state index contributed by atoms with van der Waals surface area (Å²) in [7, 11) is -3.87. The van der Waals surface area contributed by atoms with Crippen LogP contribution in [0.15, 0.2) is 83.8 Å². The highest BCUT2D eigenvalue weighted by Gasteiger charge is 2.16. The van der Waals surface area contributed by atoms with Crippen LogP contribution in [0.3, 0.4) is 0 Å². The molecule has 0 aliphatic rings. The summed E-state index contributed by atoms with van der Waals surface area (Å²) in [6, 6.07) is 20.6. The molecule has 9 heteroatoms. The Bertz CT molecular complexity index is 1430. The van der Waals surface area contributed by atoms with Crippen LogP contribution in [0.25, 0.3) is 0 Å². The Morgan fingerprint density at radius 1 is 0.943 bits per heavy atom. The predicted molar refractivity (Wildman–Crippen MR) is 132 cm³/mol. The number of hydrogen-bond donors (Lipinski definition) is 2. The van der Waals surface area contributed by atoms with Gasteiger partial charge in [-0.1, -0.05) is 30.3 Å². The van der Waals surface area contributed by atoms with Crippen LogP contribution in [0.4, 0.5) is 10.1 Å². The predicted octanol–water partition coefficient (Wildman–Crippen LogP) is 4.42. The summed E-state index contributed by atoms with van der Waals surface area (Å²) in [6.45, 7) is 4.87. The topological polar surface area (TPSA) is 93.1 Å². The first-order valence-corrected chi connectivity index (χ1v) is 12.4. The van der Waals surface area contributed by atoms with Crippen molar-refractivity contribution in [1.29, 1.82) is 0 Å². The number of nitrogens with zero attached hydrogens (tertiary/aromatic N) is 2. The number of anilines is 1. The molecule has 0 aliphatic heterocycles. The van der Waals surface area contributed by atoms with Gasteiger partial charge >= 0.3 is 0 Å². The SMILES string of the molecule is Cc1nn(Cc2ccccc2)c(C)c1CNC(=O)c1ccc(NS(=O)(=O)c2ccc(F)cc2)cc1. The van der Waals surface area contributed by atoms with Crippen molar-refractivity contribution >= 4 is 21.6 Å². The highest BCUT2D eigenvalue weighted by molar-refractivity contribution is 7.92. The lowest BCUT2D eigenvalue weighted by atomic mass is 10.1. The van der Waals surface area contributed by atoms with Crippen LogP contribution in [0.2, 0.25) is 0 Å². The first-order valence-electron chi connectivity index (χ1n) is 11.0. The maximum absolute atomic E-state index is 13.1. The van der Waals surface area contributed by atoms with Crippen molar-refractivity contribution in [3.05, 3.63) is 113 Å². The van der Waals surface area contributed by atoms with Gasteiger partial charge in [0, 0.05) is 29.1 Å². The van der Waals surface area contributed by atoms with Crippen LogP contribution < -0.4 is 10.0 Å². The Hall–Kier alpha value is -3.98. The molecular formula is C26H25FN4O3S. The minimum absolute atomic E-state index is 0.0562. The average Bonchev–Trinajstić information content (AvgIpc) is 3.10. The Labute approximate surface area is 203 Å². The molecule has 1 heterocycles. The van der Waals surface area contributed by atoms with E-state index in [0.29, 0.717) is 24.3 Å². The molecule has 4 rings (SSSR count). The highest BCUT2D eigenvalue weighted by Crippen LogP contribution is 2.18. The molecule has 3 aromatic carbocycles. The lowest BCUT2D eigenvalue weighted by Crippen LogP contribution is -2.23. The summed E-state index contributed by atoms with van der Waals surface area (Å²) in [6.07, 6.45) is 0. The number of carbonyl (C=O) groups excluding carboxylic acids is 1. The third-order valence-electron chi connectivity index (χ3n) is 5.66. The number of benzene rings is 3. The molecule has 180 valence electrons. The van der Waals surface area contributed by atoms with E-state index in [9.17, 15) is 17.6 Å². The average molecular weight is 493 g/mol. The standard InChI is InChI=1S/C26H25FN4O3S/c1-18-25(19(2)31(29-18)17-20-6-4-3-5-7-20)16-28-26(32)21-8-12-23(13-9-21)30-35(33,34)24-14-10-22(27)11-15-24/h3-15,30H,16-17H2,1-2H3,(H,28,32). The van der Waals surface area contributed by atoms with E-state index in [4.69, 9.17) is 0 Å². The fourth-order valence-electron chi connectivity index (χ4n) is 3.69. The van der Waals surface area contributed by atoms with Gasteiger partial charge in [0.1, 0.15) is 5.82 Å². The normalized spacial score (nSPS) is 11.3. The van der Waals surface area contributed by atoms with E-state index in [1.54, 1.807) is 0 Å². The van der Waals surface area contributed by atoms with Gasteiger partial charge in [0.05, 0.1) is 17.1 Å². The van der Waals surface area contributed by atoms with Crippen molar-refractivity contribution in [2.75, 3.05) is 4.72 Å². The summed E-state index contributed by atoms with van der Waals surface area (Å²) in [5.41, 5.74) is 4.62. The molecule has 1 aromatic heterocycles. The number of halogens is 1. The zero-order chi connectivity index (χ0) is 25.0. The molecule has 7 nitrogen and oxygen atoms in total. The number of carbonyl (C=O) groups is 1. The van der Waals surface area contributed by atoms with Crippen molar-refractivity contribution in [1.82, 2.24) is 15.1 Å². The van der Waals surface area contributed by atoms with Gasteiger partial charge in [0.2, 0.25) is 0 Å². The molecule has 2 N–H and O–H groups in total. The molecule has 0 fully saturated rings. The fraction of sp³-hybridized carbons (Fsp3) is 0.154. The number of aryl methyl sites for hydroxylation is 1. The smallest absolute Gasteiger partial charge is 0.261 e. The van der Waals surface area contributed by atoms with Crippen LogP contribution in [0.5, 0.6) is 0 Å². The minimum atomic E-state index is -3.87. The third-order valence-corrected chi connectivity index (χ3v) is 7.05. The van der Waals surface area contributed by atoms with Crippen LogP contribution in [-0.4, -0.2) is 24.1 Å². The quantitative estimate of drug-likeness (QED) is 0.381. The van der Waals surface area contributed by atoms with Gasteiger partial charge in [-0.15, -0.1) is 0 Å². The van der Waals surface area contributed by atoms with Gasteiger partial charge in [0.15, 0.2) is 0 Å². The Kier molecular flexibility index (Phi) is 6.97. The molecule has 0 saturated heterocycles. The van der Waals surface area contributed by atoms with Crippen molar-refractivity contribution in [2.24, 2.45) is 0 Å². The molecule has 4 aromatic rings. The Balaban J connectivity index is 1.39. The van der Waals surface area contributed by atoms with E-state index < -0.39 is 15.8 Å². The molecule has 0 unspecified atom stereocenters. The number of hydrogen-bond acceptors (Lipinski definition) is 4. The highest BCUT2D eigenvalue weighted by atomic mass is 32.2. The summed E-state index contributed by atoms with van der Waals surface area (Å²) in [5.74, 6) is -0.805. The zero-order valence-electron chi connectivity index (χ0n) is 19.3. The molecule has 0 saturated carbocycles. The van der Waals surface area contributed by atoms with E-state index in [2.05, 4.69) is 15.1 Å². The molecule has 1 amide bonds. The molecule has 0 bridgehead atoms. The lowest BCUT2D eigenvalue weighted by Gasteiger charge is -2.10. The minimum Gasteiger partial charge on any atom is -0.348 e. The van der Waals surface area contributed by atoms with Crippen molar-refractivity contribution < 1.29 is 17.6 Å². The third kappa shape index (κ3) is 5.75. The number of nitrogens with one attached hydrogen (secondary N) is 2. The van der Waals surface area contributed by atoms with E-state index in [1.165, 1.54) is 36.4 Å². The maximum atomic E-state index is 13.1. The first kappa shape index (κ1) is 24.2. The van der Waals surface area contributed by atoms with Gasteiger partial charge in [-0.25, -0.2) is 12.8 Å². The fourth-order valence-corrected chi connectivity index (χ4v) is 4.75. The summed E-state index contributed by atoms with van der Waals surface area (Å²) >= 11 is 0. The maximum Gasteiger partial charge on any atom is 0.261 e. The second-order valence-corrected chi connectivity index (χ2v) is 9.79. The second kappa shape index (κ2) is 10.1. The monoisotopic (exact) mass is 492 g/mol. The first-order chi connectivity index (χ1) is 16.7. The van der Waals surface area contributed by atoms with E-state index in [0.717, 1.165) is 34.6 Å². The molecular weight excluding hydrogens is 467 g/mol. The van der Waals surface area contributed by atoms with Gasteiger partial charge in [-0.2, -0.15) is 5.10 Å². The van der Waals surface area contributed by atoms with Gasteiger partial charge in [-0.3, -0.25) is 14.2 Å². The van der Waals surface area contributed by atoms with Crippen LogP contribution in [-0.2, 0) is 23.1 Å². The second-order valence-electron chi connectivity index (χ2n) is 8.11. The van der Waals surface area contributed by atoms with Crippen LogP contribution in [0, 0.1) is 19.7 Å². The molecule has 0 radical (unpaired) electrons.